The lowest BCUT2D eigenvalue weighted by molar-refractivity contribution is -0.116. The number of aryl methyl sites for hydroxylation is 2. The SMILES string of the molecule is Cc1ccc(NC(=O)CN(C)C(=O)c2nn(-c3ccccc3)c(C)cc2=O)cc1. The van der Waals surface area contributed by atoms with Crippen LogP contribution in [0.25, 0.3) is 5.69 Å². The summed E-state index contributed by atoms with van der Waals surface area (Å²) in [6, 6.07) is 17.9. The van der Waals surface area contributed by atoms with Crippen molar-refractivity contribution in [3.8, 4) is 5.69 Å². The molecule has 1 aromatic heterocycles. The van der Waals surface area contributed by atoms with E-state index >= 15 is 0 Å². The van der Waals surface area contributed by atoms with E-state index in [1.54, 1.807) is 19.1 Å². The second kappa shape index (κ2) is 8.52. The zero-order valence-corrected chi connectivity index (χ0v) is 16.5. The molecule has 0 fully saturated rings. The van der Waals surface area contributed by atoms with Gasteiger partial charge in [0.25, 0.3) is 5.91 Å². The van der Waals surface area contributed by atoms with E-state index in [2.05, 4.69) is 10.4 Å². The Labute approximate surface area is 168 Å². The molecule has 29 heavy (non-hydrogen) atoms. The van der Waals surface area contributed by atoms with Crippen LogP contribution >= 0.6 is 0 Å². The number of benzene rings is 2. The van der Waals surface area contributed by atoms with Gasteiger partial charge in [-0.2, -0.15) is 5.10 Å². The average Bonchev–Trinajstić information content (AvgIpc) is 2.70. The molecule has 1 N–H and O–H groups in total. The molecule has 2 amide bonds. The summed E-state index contributed by atoms with van der Waals surface area (Å²) < 4.78 is 1.54. The van der Waals surface area contributed by atoms with Crippen molar-refractivity contribution in [2.45, 2.75) is 13.8 Å². The highest BCUT2D eigenvalue weighted by Crippen LogP contribution is 2.10. The minimum Gasteiger partial charge on any atom is -0.331 e. The van der Waals surface area contributed by atoms with Gasteiger partial charge < -0.3 is 10.2 Å². The number of amides is 2. The third kappa shape index (κ3) is 4.76. The number of hydrogen-bond donors (Lipinski definition) is 1. The Kier molecular flexibility index (Phi) is 5.87. The number of aromatic nitrogens is 2. The van der Waals surface area contributed by atoms with Crippen LogP contribution in [0.5, 0.6) is 0 Å². The smallest absolute Gasteiger partial charge is 0.278 e. The summed E-state index contributed by atoms with van der Waals surface area (Å²) in [6.45, 7) is 3.50. The van der Waals surface area contributed by atoms with Gasteiger partial charge in [-0.3, -0.25) is 14.4 Å². The highest BCUT2D eigenvalue weighted by atomic mass is 16.2. The van der Waals surface area contributed by atoms with Crippen molar-refractivity contribution in [2.75, 3.05) is 18.9 Å². The molecule has 3 aromatic rings. The third-order valence-electron chi connectivity index (χ3n) is 4.37. The lowest BCUT2D eigenvalue weighted by atomic mass is 10.2. The maximum atomic E-state index is 12.8. The zero-order chi connectivity index (χ0) is 21.0. The Morgan fingerprint density at radius 1 is 1.03 bits per heavy atom. The van der Waals surface area contributed by atoms with Crippen molar-refractivity contribution in [1.82, 2.24) is 14.7 Å². The molecule has 1 heterocycles. The second-order valence-corrected chi connectivity index (χ2v) is 6.82. The largest absolute Gasteiger partial charge is 0.331 e. The number of carbonyl (C=O) groups is 2. The Morgan fingerprint density at radius 3 is 2.34 bits per heavy atom. The molecule has 0 saturated carbocycles. The van der Waals surface area contributed by atoms with Gasteiger partial charge in [-0.15, -0.1) is 0 Å². The first-order valence-corrected chi connectivity index (χ1v) is 9.13. The van der Waals surface area contributed by atoms with Gasteiger partial charge in [-0.05, 0) is 38.1 Å². The summed E-state index contributed by atoms with van der Waals surface area (Å²) >= 11 is 0. The Bertz CT molecular complexity index is 1090. The van der Waals surface area contributed by atoms with E-state index in [9.17, 15) is 14.4 Å². The number of hydrogen-bond acceptors (Lipinski definition) is 4. The Hall–Kier alpha value is -3.74. The van der Waals surface area contributed by atoms with E-state index in [1.165, 1.54) is 22.7 Å². The lowest BCUT2D eigenvalue weighted by Crippen LogP contribution is -2.38. The normalized spacial score (nSPS) is 10.4. The Morgan fingerprint density at radius 2 is 1.69 bits per heavy atom. The summed E-state index contributed by atoms with van der Waals surface area (Å²) in [5.74, 6) is -0.973. The van der Waals surface area contributed by atoms with Gasteiger partial charge in [0.05, 0.1) is 12.2 Å². The molecular formula is C22H22N4O3. The summed E-state index contributed by atoms with van der Waals surface area (Å²) in [4.78, 5) is 38.6. The van der Waals surface area contributed by atoms with E-state index < -0.39 is 11.3 Å². The van der Waals surface area contributed by atoms with Gasteiger partial charge in [0.2, 0.25) is 11.3 Å². The minimum absolute atomic E-state index is 0.201. The summed E-state index contributed by atoms with van der Waals surface area (Å²) in [6.07, 6.45) is 0. The maximum Gasteiger partial charge on any atom is 0.278 e. The van der Waals surface area contributed by atoms with E-state index in [0.717, 1.165) is 11.3 Å². The molecule has 0 radical (unpaired) electrons. The molecule has 0 aliphatic heterocycles. The van der Waals surface area contributed by atoms with Crippen LogP contribution in [-0.4, -0.2) is 40.1 Å². The Balaban J connectivity index is 1.77. The topological polar surface area (TPSA) is 84.3 Å². The fourth-order valence-corrected chi connectivity index (χ4v) is 2.83. The number of nitrogens with zero attached hydrogens (tertiary/aromatic N) is 3. The van der Waals surface area contributed by atoms with Crippen molar-refractivity contribution in [1.29, 1.82) is 0 Å². The van der Waals surface area contributed by atoms with Crippen molar-refractivity contribution < 1.29 is 9.59 Å². The highest BCUT2D eigenvalue weighted by Gasteiger charge is 2.21. The molecule has 0 bridgehead atoms. The second-order valence-electron chi connectivity index (χ2n) is 6.82. The highest BCUT2D eigenvalue weighted by molar-refractivity contribution is 5.98. The van der Waals surface area contributed by atoms with Gasteiger partial charge >= 0.3 is 0 Å². The van der Waals surface area contributed by atoms with Crippen LogP contribution < -0.4 is 10.7 Å². The predicted molar refractivity (Wildman–Crippen MR) is 111 cm³/mol. The number of nitrogens with one attached hydrogen (secondary N) is 1. The molecule has 0 aliphatic rings. The van der Waals surface area contributed by atoms with Crippen LogP contribution in [-0.2, 0) is 4.79 Å². The predicted octanol–water partition coefficient (Wildman–Crippen LogP) is 2.56. The summed E-state index contributed by atoms with van der Waals surface area (Å²) in [5, 5.41) is 6.98. The zero-order valence-electron chi connectivity index (χ0n) is 16.5. The van der Waals surface area contributed by atoms with Crippen LogP contribution in [0.4, 0.5) is 5.69 Å². The maximum absolute atomic E-state index is 12.8. The fraction of sp³-hybridized carbons (Fsp3) is 0.182. The number of carbonyl (C=O) groups excluding carboxylic acids is 2. The molecule has 2 aromatic carbocycles. The van der Waals surface area contributed by atoms with Gasteiger partial charge in [0, 0.05) is 24.5 Å². The van der Waals surface area contributed by atoms with E-state index in [4.69, 9.17) is 0 Å². The molecular weight excluding hydrogens is 368 g/mol. The van der Waals surface area contributed by atoms with Gasteiger partial charge in [0.1, 0.15) is 0 Å². The summed E-state index contributed by atoms with van der Waals surface area (Å²) in [7, 11) is 1.46. The summed E-state index contributed by atoms with van der Waals surface area (Å²) in [5.41, 5.74) is 2.35. The molecule has 148 valence electrons. The van der Waals surface area contributed by atoms with Crippen molar-refractivity contribution in [2.24, 2.45) is 0 Å². The lowest BCUT2D eigenvalue weighted by Gasteiger charge is -2.17. The molecule has 0 saturated heterocycles. The van der Waals surface area contributed by atoms with Crippen molar-refractivity contribution in [3.63, 3.8) is 0 Å². The standard InChI is InChI=1S/C22H22N4O3/c1-15-9-11-17(12-10-15)23-20(28)14-25(3)22(29)21-19(27)13-16(2)26(24-21)18-7-5-4-6-8-18/h4-13H,14H2,1-3H3,(H,23,28). The van der Waals surface area contributed by atoms with E-state index in [0.29, 0.717) is 11.4 Å². The molecule has 0 unspecified atom stereocenters. The van der Waals surface area contributed by atoms with Crippen molar-refractivity contribution in [3.05, 3.63) is 87.8 Å². The first-order chi connectivity index (χ1) is 13.8. The molecule has 7 nitrogen and oxygen atoms in total. The number of anilines is 1. The fourth-order valence-electron chi connectivity index (χ4n) is 2.83. The quantitative estimate of drug-likeness (QED) is 0.726. The monoisotopic (exact) mass is 390 g/mol. The number of para-hydroxylation sites is 1. The van der Waals surface area contributed by atoms with Crippen LogP contribution in [0.2, 0.25) is 0 Å². The molecule has 3 rings (SSSR count). The van der Waals surface area contributed by atoms with Crippen LogP contribution in [0.15, 0.2) is 65.5 Å². The van der Waals surface area contributed by atoms with Crippen LogP contribution in [0, 0.1) is 13.8 Å². The average molecular weight is 390 g/mol. The molecule has 7 heteroatoms. The van der Waals surface area contributed by atoms with E-state index in [-0.39, 0.29) is 18.1 Å². The third-order valence-corrected chi connectivity index (χ3v) is 4.37. The van der Waals surface area contributed by atoms with Crippen molar-refractivity contribution >= 4 is 17.5 Å². The van der Waals surface area contributed by atoms with E-state index in [1.807, 2.05) is 49.4 Å². The van der Waals surface area contributed by atoms with Gasteiger partial charge in [-0.25, -0.2) is 4.68 Å². The first-order valence-electron chi connectivity index (χ1n) is 9.13. The van der Waals surface area contributed by atoms with Gasteiger partial charge in [0.15, 0.2) is 5.69 Å². The first kappa shape index (κ1) is 20.0. The molecule has 0 spiro atoms. The number of rotatable bonds is 5. The molecule has 0 atom stereocenters. The van der Waals surface area contributed by atoms with Crippen LogP contribution in [0.1, 0.15) is 21.7 Å². The number of likely N-dealkylation sites (N-methyl/N-ethyl adjacent to an activating group) is 1. The van der Waals surface area contributed by atoms with Gasteiger partial charge in [-0.1, -0.05) is 35.9 Å². The van der Waals surface area contributed by atoms with Crippen LogP contribution in [0.3, 0.4) is 0 Å². The molecule has 0 aliphatic carbocycles. The minimum atomic E-state index is -0.612.